The number of hydrogen-bond donors (Lipinski definition) is 5. The molecule has 6 N–H and O–H groups in total. The predicted octanol–water partition coefficient (Wildman–Crippen LogP) is 0.996. The maximum absolute atomic E-state index is 12.1. The van der Waals surface area contributed by atoms with Gasteiger partial charge in [0.25, 0.3) is 0 Å². The smallest absolute Gasteiger partial charge is 0.338 e. The highest BCUT2D eigenvalue weighted by atomic mass is 32.2. The van der Waals surface area contributed by atoms with Gasteiger partial charge in [-0.15, -0.1) is 0 Å². The number of nitrogens with zero attached hydrogens (tertiary/aromatic N) is 4. The minimum Gasteiger partial charge on any atom is -0.487 e. The predicted molar refractivity (Wildman–Crippen MR) is 144 cm³/mol. The number of aromatic nitrogens is 4. The highest BCUT2D eigenvalue weighted by Crippen LogP contribution is 2.36. The summed E-state index contributed by atoms with van der Waals surface area (Å²) < 4.78 is 18.3. The number of imidazole rings is 1. The van der Waals surface area contributed by atoms with E-state index in [0.29, 0.717) is 28.8 Å². The molecule has 0 spiro atoms. The molecule has 0 saturated carbocycles. The van der Waals surface area contributed by atoms with Gasteiger partial charge in [0.15, 0.2) is 28.4 Å². The third-order valence-electron chi connectivity index (χ3n) is 5.82. The first-order valence-corrected chi connectivity index (χ1v) is 13.3. The fourth-order valence-corrected chi connectivity index (χ4v) is 4.64. The Bertz CT molecular complexity index is 1330. The molecular formula is C25H32N6O8S. The number of rotatable bonds is 12. The van der Waals surface area contributed by atoms with Gasteiger partial charge in [-0.3, -0.25) is 14.9 Å². The summed E-state index contributed by atoms with van der Waals surface area (Å²) in [5, 5.41) is 32.5. The number of nitrogen functional groups attached to an aromatic ring is 1. The van der Waals surface area contributed by atoms with Crippen LogP contribution in [0, 0.1) is 5.92 Å². The van der Waals surface area contributed by atoms with Crippen molar-refractivity contribution < 1.29 is 39.2 Å². The van der Waals surface area contributed by atoms with E-state index in [2.05, 4.69) is 20.4 Å². The number of carbonyl (C=O) groups excluding carboxylic acids is 1. The van der Waals surface area contributed by atoms with Crippen LogP contribution in [0.1, 0.15) is 30.4 Å². The topological polar surface area (TPSA) is 196 Å². The molecule has 0 bridgehead atoms. The lowest BCUT2D eigenvalue weighted by Gasteiger charge is -2.18. The lowest BCUT2D eigenvalue weighted by Crippen LogP contribution is -2.33. The Labute approximate surface area is 234 Å². The summed E-state index contributed by atoms with van der Waals surface area (Å²) in [6.07, 6.45) is -3.51. The molecule has 1 aromatic carbocycles. The number of nitrogens with two attached hydrogens (primary N) is 1. The van der Waals surface area contributed by atoms with Crippen molar-refractivity contribution in [2.24, 2.45) is 5.92 Å². The zero-order valence-electron chi connectivity index (χ0n) is 22.1. The number of aliphatic hydroxyl groups is 3. The van der Waals surface area contributed by atoms with Crippen molar-refractivity contribution in [2.75, 3.05) is 32.7 Å². The summed E-state index contributed by atoms with van der Waals surface area (Å²) in [6.45, 7) is 3.84. The number of anilines is 1. The second-order valence-electron chi connectivity index (χ2n) is 9.30. The lowest BCUT2D eigenvalue weighted by molar-refractivity contribution is -0.0548. The van der Waals surface area contributed by atoms with E-state index in [-0.39, 0.29) is 29.5 Å². The Morgan fingerprint density at radius 1 is 1.25 bits per heavy atom. The summed E-state index contributed by atoms with van der Waals surface area (Å²) in [4.78, 5) is 29.9. The summed E-state index contributed by atoms with van der Waals surface area (Å²) in [7, 11) is 1.45. The van der Waals surface area contributed by atoms with Crippen molar-refractivity contribution in [3.63, 3.8) is 0 Å². The van der Waals surface area contributed by atoms with Crippen LogP contribution in [0.2, 0.25) is 0 Å². The number of aliphatic hydroxyl groups excluding tert-OH is 3. The SMILES string of the molecule is CONC(=CSc1nc2c(N)ncnc2n1[C@@H]1O[C@H](CO)[C@@H](O)[C@H]1O)COc1ccc(C(=O)OCC(C)C)cc1. The first-order chi connectivity index (χ1) is 19.2. The molecule has 1 aliphatic heterocycles. The van der Waals surface area contributed by atoms with Gasteiger partial charge in [-0.05, 0) is 30.2 Å². The molecule has 0 amide bonds. The van der Waals surface area contributed by atoms with Gasteiger partial charge in [-0.2, -0.15) is 0 Å². The number of ether oxygens (including phenoxy) is 3. The molecule has 0 aliphatic carbocycles. The van der Waals surface area contributed by atoms with Gasteiger partial charge < -0.3 is 35.3 Å². The van der Waals surface area contributed by atoms with Gasteiger partial charge in [0.1, 0.15) is 37.0 Å². The molecule has 1 aliphatic rings. The Kier molecular flexibility index (Phi) is 9.78. The normalized spacial score (nSPS) is 21.2. The molecule has 0 radical (unpaired) electrons. The maximum Gasteiger partial charge on any atom is 0.338 e. The number of thioether (sulfide) groups is 1. The van der Waals surface area contributed by atoms with E-state index in [1.807, 2.05) is 13.8 Å². The van der Waals surface area contributed by atoms with Gasteiger partial charge in [0.2, 0.25) is 0 Å². The molecule has 15 heteroatoms. The van der Waals surface area contributed by atoms with Gasteiger partial charge in [-0.25, -0.2) is 19.7 Å². The standard InChI is InChI=1S/C25H32N6O8S/c1-13(2)9-38-24(35)14-4-6-16(7-5-14)37-10-15(30-36-3)11-40-25-29-18-21(26)27-12-28-22(18)31(25)23-20(34)19(33)17(8-32)39-23/h4-7,11-13,17,19-20,23,30,32-34H,8-10H2,1-3H3,(H2,26,27,28)/t17-,19-,20-,23-/m1/s1. The highest BCUT2D eigenvalue weighted by molar-refractivity contribution is 8.02. The summed E-state index contributed by atoms with van der Waals surface area (Å²) in [6, 6.07) is 6.56. The van der Waals surface area contributed by atoms with Crippen LogP contribution in [0.4, 0.5) is 5.82 Å². The van der Waals surface area contributed by atoms with Crippen LogP contribution in [-0.4, -0.2) is 86.1 Å². The monoisotopic (exact) mass is 576 g/mol. The molecular weight excluding hydrogens is 544 g/mol. The molecule has 14 nitrogen and oxygen atoms in total. The number of nitrogens with one attached hydrogen (secondary N) is 1. The molecule has 0 unspecified atom stereocenters. The highest BCUT2D eigenvalue weighted by Gasteiger charge is 2.45. The van der Waals surface area contributed by atoms with E-state index < -0.39 is 37.1 Å². The number of hydrogen-bond acceptors (Lipinski definition) is 14. The van der Waals surface area contributed by atoms with E-state index in [9.17, 15) is 20.1 Å². The fourth-order valence-electron chi connectivity index (χ4n) is 3.83. The van der Waals surface area contributed by atoms with Gasteiger partial charge in [0.05, 0.1) is 31.6 Å². The van der Waals surface area contributed by atoms with Crippen molar-refractivity contribution in [1.82, 2.24) is 25.0 Å². The zero-order valence-corrected chi connectivity index (χ0v) is 22.9. The zero-order chi connectivity index (χ0) is 28.8. The van der Waals surface area contributed by atoms with Crippen molar-refractivity contribution in [3.05, 3.63) is 47.3 Å². The van der Waals surface area contributed by atoms with Gasteiger partial charge in [0, 0.05) is 5.41 Å². The minimum absolute atomic E-state index is 0.0635. The van der Waals surface area contributed by atoms with Crippen LogP contribution in [0.25, 0.3) is 11.2 Å². The molecule has 1 fully saturated rings. The molecule has 4 atom stereocenters. The Hall–Kier alpha value is -3.47. The molecule has 2 aromatic heterocycles. The second kappa shape index (κ2) is 13.3. The molecule has 3 heterocycles. The number of hydroxylamine groups is 1. The van der Waals surface area contributed by atoms with E-state index in [0.717, 1.165) is 11.8 Å². The van der Waals surface area contributed by atoms with E-state index >= 15 is 0 Å². The lowest BCUT2D eigenvalue weighted by atomic mass is 10.1. The average molecular weight is 577 g/mol. The third-order valence-corrected chi connectivity index (χ3v) is 6.72. The van der Waals surface area contributed by atoms with Crippen LogP contribution >= 0.6 is 11.8 Å². The van der Waals surface area contributed by atoms with Crippen molar-refractivity contribution in [3.8, 4) is 5.75 Å². The van der Waals surface area contributed by atoms with Gasteiger partial charge in [-0.1, -0.05) is 25.6 Å². The number of esters is 1. The van der Waals surface area contributed by atoms with Crippen molar-refractivity contribution in [1.29, 1.82) is 0 Å². The van der Waals surface area contributed by atoms with Crippen LogP contribution in [0.5, 0.6) is 5.75 Å². The number of carbonyl (C=O) groups is 1. The van der Waals surface area contributed by atoms with Crippen LogP contribution in [-0.2, 0) is 14.3 Å². The van der Waals surface area contributed by atoms with Crippen LogP contribution < -0.4 is 16.0 Å². The molecule has 3 aromatic rings. The van der Waals surface area contributed by atoms with Crippen molar-refractivity contribution >= 4 is 34.7 Å². The van der Waals surface area contributed by atoms with Crippen LogP contribution in [0.3, 0.4) is 0 Å². The largest absolute Gasteiger partial charge is 0.487 e. The summed E-state index contributed by atoms with van der Waals surface area (Å²) in [5.41, 5.74) is 10.2. The molecule has 1 saturated heterocycles. The van der Waals surface area contributed by atoms with Crippen LogP contribution in [0.15, 0.2) is 46.9 Å². The average Bonchev–Trinajstić information content (AvgIpc) is 3.46. The minimum atomic E-state index is -1.36. The maximum atomic E-state index is 12.1. The van der Waals surface area contributed by atoms with E-state index in [1.54, 1.807) is 29.7 Å². The molecule has 216 valence electrons. The van der Waals surface area contributed by atoms with E-state index in [4.69, 9.17) is 24.8 Å². The quantitative estimate of drug-likeness (QED) is 0.116. The first kappa shape index (κ1) is 29.5. The fraction of sp³-hybridized carbons (Fsp3) is 0.440. The Morgan fingerprint density at radius 3 is 2.65 bits per heavy atom. The first-order valence-electron chi connectivity index (χ1n) is 12.4. The van der Waals surface area contributed by atoms with Crippen molar-refractivity contribution in [2.45, 2.75) is 43.5 Å². The Balaban J connectivity index is 1.52. The number of fused-ring (bicyclic) bond motifs is 1. The molecule has 40 heavy (non-hydrogen) atoms. The Morgan fingerprint density at radius 2 is 2.00 bits per heavy atom. The second-order valence-corrected chi connectivity index (χ2v) is 10.1. The molecule has 4 rings (SSSR count). The third kappa shape index (κ3) is 6.63. The number of benzene rings is 1. The van der Waals surface area contributed by atoms with Gasteiger partial charge >= 0.3 is 5.97 Å². The summed E-state index contributed by atoms with van der Waals surface area (Å²) >= 11 is 1.13. The summed E-state index contributed by atoms with van der Waals surface area (Å²) in [5.74, 6) is 0.470. The van der Waals surface area contributed by atoms with E-state index in [1.165, 1.54) is 18.0 Å².